The van der Waals surface area contributed by atoms with E-state index in [1.54, 1.807) is 26.6 Å². The maximum absolute atomic E-state index is 5.11. The van der Waals surface area contributed by atoms with Gasteiger partial charge in [0.25, 0.3) is 0 Å². The molecule has 0 aromatic heterocycles. The molecule has 62 valence electrons. The van der Waals surface area contributed by atoms with Crippen molar-refractivity contribution in [2.45, 2.75) is 6.23 Å². The van der Waals surface area contributed by atoms with E-state index in [4.69, 9.17) is 9.47 Å². The number of likely N-dealkylation sites (N-methyl/N-ethyl adjacent to an activating group) is 1. The summed E-state index contributed by atoms with van der Waals surface area (Å²) in [7, 11) is 5.12. The standard InChI is InChI=1S/C7H12N2O2/c1-9-5-8-6(10-2)4-7(9)11-3/h4-5,7H,1-3H3. The minimum absolute atomic E-state index is 0.0672. The average Bonchev–Trinajstić information content (AvgIpc) is 2.05. The van der Waals surface area contributed by atoms with E-state index in [-0.39, 0.29) is 6.23 Å². The Morgan fingerprint density at radius 1 is 1.55 bits per heavy atom. The topological polar surface area (TPSA) is 34.1 Å². The van der Waals surface area contributed by atoms with Crippen molar-refractivity contribution in [3.8, 4) is 0 Å². The smallest absolute Gasteiger partial charge is 0.214 e. The minimum atomic E-state index is -0.0672. The summed E-state index contributed by atoms with van der Waals surface area (Å²) >= 11 is 0. The molecule has 0 aromatic rings. The van der Waals surface area contributed by atoms with Crippen LogP contribution in [-0.4, -0.2) is 38.7 Å². The van der Waals surface area contributed by atoms with Crippen LogP contribution in [0.4, 0.5) is 0 Å². The monoisotopic (exact) mass is 156 g/mol. The Morgan fingerprint density at radius 3 is 2.82 bits per heavy atom. The number of methoxy groups -OCH3 is 2. The van der Waals surface area contributed by atoms with Gasteiger partial charge in [-0.2, -0.15) is 0 Å². The maximum Gasteiger partial charge on any atom is 0.214 e. The molecule has 1 aliphatic heterocycles. The second-order valence-electron chi connectivity index (χ2n) is 2.25. The molecule has 0 fully saturated rings. The first-order valence-corrected chi connectivity index (χ1v) is 3.32. The minimum Gasteiger partial charge on any atom is -0.481 e. The molecule has 1 heterocycles. The van der Waals surface area contributed by atoms with Gasteiger partial charge in [-0.3, -0.25) is 0 Å². The predicted molar refractivity (Wildman–Crippen MR) is 42.1 cm³/mol. The second kappa shape index (κ2) is 3.39. The van der Waals surface area contributed by atoms with Crippen LogP contribution in [-0.2, 0) is 9.47 Å². The fraction of sp³-hybridized carbons (Fsp3) is 0.571. The molecule has 0 aliphatic carbocycles. The van der Waals surface area contributed by atoms with Crippen LogP contribution in [0.5, 0.6) is 0 Å². The van der Waals surface area contributed by atoms with Crippen molar-refractivity contribution < 1.29 is 9.47 Å². The first-order chi connectivity index (χ1) is 5.27. The number of hydrogen-bond donors (Lipinski definition) is 0. The van der Waals surface area contributed by atoms with Crippen LogP contribution in [0.1, 0.15) is 0 Å². The summed E-state index contributed by atoms with van der Waals surface area (Å²) in [5, 5.41) is 0. The molecule has 0 radical (unpaired) electrons. The number of ether oxygens (including phenoxy) is 2. The Labute approximate surface area is 66.1 Å². The molecule has 0 saturated carbocycles. The van der Waals surface area contributed by atoms with Crippen molar-refractivity contribution in [2.24, 2.45) is 4.99 Å². The molecule has 4 heteroatoms. The van der Waals surface area contributed by atoms with Gasteiger partial charge in [0.05, 0.1) is 13.4 Å². The number of rotatable bonds is 2. The number of nitrogens with zero attached hydrogens (tertiary/aromatic N) is 2. The van der Waals surface area contributed by atoms with Crippen molar-refractivity contribution in [3.05, 3.63) is 12.0 Å². The third-order valence-corrected chi connectivity index (χ3v) is 1.50. The van der Waals surface area contributed by atoms with E-state index in [1.165, 1.54) is 0 Å². The molecule has 0 aromatic carbocycles. The molecule has 0 spiro atoms. The van der Waals surface area contributed by atoms with E-state index in [9.17, 15) is 0 Å². The summed E-state index contributed by atoms with van der Waals surface area (Å²) in [6, 6.07) is 0. The summed E-state index contributed by atoms with van der Waals surface area (Å²) in [6.45, 7) is 0. The van der Waals surface area contributed by atoms with Crippen LogP contribution in [0.3, 0.4) is 0 Å². The highest BCUT2D eigenvalue weighted by Crippen LogP contribution is 2.09. The first-order valence-electron chi connectivity index (χ1n) is 3.32. The second-order valence-corrected chi connectivity index (χ2v) is 2.25. The third kappa shape index (κ3) is 1.71. The van der Waals surface area contributed by atoms with Gasteiger partial charge >= 0.3 is 0 Å². The normalized spacial score (nSPS) is 23.4. The van der Waals surface area contributed by atoms with Crippen LogP contribution < -0.4 is 0 Å². The summed E-state index contributed by atoms with van der Waals surface area (Å²) in [5.41, 5.74) is 0. The van der Waals surface area contributed by atoms with Gasteiger partial charge in [-0.1, -0.05) is 0 Å². The molecule has 1 atom stereocenters. The van der Waals surface area contributed by atoms with Gasteiger partial charge in [-0.15, -0.1) is 0 Å². The van der Waals surface area contributed by atoms with Crippen molar-refractivity contribution in [3.63, 3.8) is 0 Å². The van der Waals surface area contributed by atoms with Crippen LogP contribution in [0.15, 0.2) is 17.0 Å². The summed E-state index contributed by atoms with van der Waals surface area (Å²) in [5.74, 6) is 0.593. The molecule has 0 N–H and O–H groups in total. The van der Waals surface area contributed by atoms with Crippen molar-refractivity contribution in [1.82, 2.24) is 4.90 Å². The van der Waals surface area contributed by atoms with Gasteiger partial charge in [0.15, 0.2) is 6.23 Å². The molecule has 0 amide bonds. The number of aliphatic imine (C=N–C) groups is 1. The zero-order chi connectivity index (χ0) is 8.27. The summed E-state index contributed by atoms with van der Waals surface area (Å²) in [4.78, 5) is 5.84. The van der Waals surface area contributed by atoms with E-state index >= 15 is 0 Å². The number of hydrogen-bond acceptors (Lipinski definition) is 4. The van der Waals surface area contributed by atoms with Gasteiger partial charge in [0, 0.05) is 20.2 Å². The van der Waals surface area contributed by atoms with Gasteiger partial charge in [-0.05, 0) is 0 Å². The van der Waals surface area contributed by atoms with E-state index in [2.05, 4.69) is 4.99 Å². The molecule has 11 heavy (non-hydrogen) atoms. The van der Waals surface area contributed by atoms with E-state index in [0.717, 1.165) is 0 Å². The van der Waals surface area contributed by atoms with Crippen LogP contribution in [0.25, 0.3) is 0 Å². The van der Waals surface area contributed by atoms with Crippen molar-refractivity contribution >= 4 is 6.34 Å². The Kier molecular flexibility index (Phi) is 2.48. The largest absolute Gasteiger partial charge is 0.481 e. The van der Waals surface area contributed by atoms with Crippen molar-refractivity contribution in [2.75, 3.05) is 21.3 Å². The Balaban J connectivity index is 2.67. The van der Waals surface area contributed by atoms with E-state index < -0.39 is 0 Å². The fourth-order valence-corrected chi connectivity index (χ4v) is 0.851. The summed E-state index contributed by atoms with van der Waals surface area (Å²) < 4.78 is 10.0. The van der Waals surface area contributed by atoms with Gasteiger partial charge in [-0.25, -0.2) is 4.99 Å². The van der Waals surface area contributed by atoms with E-state index in [1.807, 2.05) is 11.9 Å². The van der Waals surface area contributed by atoms with Gasteiger partial charge < -0.3 is 14.4 Å². The molecular formula is C7H12N2O2. The fourth-order valence-electron chi connectivity index (χ4n) is 0.851. The predicted octanol–water partition coefficient (Wildman–Crippen LogP) is 0.420. The zero-order valence-corrected chi connectivity index (χ0v) is 6.94. The molecule has 4 nitrogen and oxygen atoms in total. The third-order valence-electron chi connectivity index (χ3n) is 1.50. The molecule has 1 aliphatic rings. The molecule has 1 unspecified atom stereocenters. The van der Waals surface area contributed by atoms with E-state index in [0.29, 0.717) is 5.88 Å². The Hall–Kier alpha value is -1.03. The quantitative estimate of drug-likeness (QED) is 0.581. The Bertz CT molecular complexity index is 189. The van der Waals surface area contributed by atoms with Crippen LogP contribution in [0.2, 0.25) is 0 Å². The maximum atomic E-state index is 5.11. The average molecular weight is 156 g/mol. The lowest BCUT2D eigenvalue weighted by molar-refractivity contribution is 0.0537. The highest BCUT2D eigenvalue weighted by molar-refractivity contribution is 5.58. The van der Waals surface area contributed by atoms with Crippen molar-refractivity contribution in [1.29, 1.82) is 0 Å². The SMILES string of the molecule is COC1=CC(OC)N(C)C=N1. The highest BCUT2D eigenvalue weighted by Gasteiger charge is 2.13. The summed E-state index contributed by atoms with van der Waals surface area (Å²) in [6.07, 6.45) is 3.41. The molecular weight excluding hydrogens is 144 g/mol. The molecule has 0 saturated heterocycles. The van der Waals surface area contributed by atoms with Crippen LogP contribution in [0, 0.1) is 0 Å². The Morgan fingerprint density at radius 2 is 2.27 bits per heavy atom. The lowest BCUT2D eigenvalue weighted by Gasteiger charge is -2.24. The van der Waals surface area contributed by atoms with Gasteiger partial charge in [0.2, 0.25) is 5.88 Å². The lowest BCUT2D eigenvalue weighted by Crippen LogP contribution is -2.32. The van der Waals surface area contributed by atoms with Gasteiger partial charge in [0.1, 0.15) is 0 Å². The van der Waals surface area contributed by atoms with Crippen LogP contribution >= 0.6 is 0 Å². The molecule has 1 rings (SSSR count). The zero-order valence-electron chi connectivity index (χ0n) is 6.94. The highest BCUT2D eigenvalue weighted by atomic mass is 16.5. The lowest BCUT2D eigenvalue weighted by atomic mass is 10.4. The first kappa shape index (κ1) is 8.07. The molecule has 0 bridgehead atoms.